The molecule has 0 aromatic heterocycles. The van der Waals surface area contributed by atoms with Crippen LogP contribution < -0.4 is 11.1 Å². The summed E-state index contributed by atoms with van der Waals surface area (Å²) >= 11 is 0. The quantitative estimate of drug-likeness (QED) is 0.884. The summed E-state index contributed by atoms with van der Waals surface area (Å²) in [6.07, 6.45) is 0.702. The molecule has 21 heavy (non-hydrogen) atoms. The Morgan fingerprint density at radius 2 is 1.76 bits per heavy atom. The van der Waals surface area contributed by atoms with Gasteiger partial charge in [-0.3, -0.25) is 4.79 Å². The number of benzene rings is 2. The summed E-state index contributed by atoms with van der Waals surface area (Å²) in [6, 6.07) is 13.9. The van der Waals surface area contributed by atoms with Gasteiger partial charge in [-0.2, -0.15) is 0 Å². The second-order valence-corrected chi connectivity index (χ2v) is 6.03. The Morgan fingerprint density at radius 1 is 1.10 bits per heavy atom. The maximum Gasteiger partial charge on any atom is 0.237 e. The van der Waals surface area contributed by atoms with Gasteiger partial charge in [-0.15, -0.1) is 0 Å². The lowest BCUT2D eigenvalue weighted by atomic mass is 9.99. The van der Waals surface area contributed by atoms with E-state index in [-0.39, 0.29) is 11.9 Å². The van der Waals surface area contributed by atoms with Crippen LogP contribution in [0.1, 0.15) is 38.8 Å². The molecular weight excluding hydrogens is 260 g/mol. The Hall–Kier alpha value is -1.87. The fourth-order valence-corrected chi connectivity index (χ4v) is 2.64. The molecule has 0 aliphatic rings. The first-order chi connectivity index (χ1) is 9.99. The largest absolute Gasteiger partial charge is 0.348 e. The van der Waals surface area contributed by atoms with Gasteiger partial charge in [-0.1, -0.05) is 56.3 Å². The zero-order valence-electron chi connectivity index (χ0n) is 13.0. The third kappa shape index (κ3) is 3.82. The summed E-state index contributed by atoms with van der Waals surface area (Å²) in [6.45, 7) is 6.14. The fraction of sp³-hybridized carbons (Fsp3) is 0.389. The van der Waals surface area contributed by atoms with Gasteiger partial charge in [-0.05, 0) is 35.6 Å². The monoisotopic (exact) mass is 284 g/mol. The van der Waals surface area contributed by atoms with E-state index >= 15 is 0 Å². The molecule has 2 rings (SSSR count). The molecule has 0 saturated heterocycles. The third-order valence-electron chi connectivity index (χ3n) is 3.71. The molecule has 0 spiro atoms. The van der Waals surface area contributed by atoms with Crippen molar-refractivity contribution in [3.8, 4) is 0 Å². The van der Waals surface area contributed by atoms with Crippen molar-refractivity contribution in [3.63, 3.8) is 0 Å². The minimum atomic E-state index is -0.442. The van der Waals surface area contributed by atoms with E-state index in [1.54, 1.807) is 0 Å². The van der Waals surface area contributed by atoms with Crippen LogP contribution in [0, 0.1) is 5.92 Å². The van der Waals surface area contributed by atoms with Crippen molar-refractivity contribution in [2.75, 3.05) is 0 Å². The molecule has 2 atom stereocenters. The molecule has 1 amide bonds. The minimum Gasteiger partial charge on any atom is -0.348 e. The highest BCUT2D eigenvalue weighted by Crippen LogP contribution is 2.24. The molecule has 2 unspecified atom stereocenters. The first-order valence-electron chi connectivity index (χ1n) is 7.52. The van der Waals surface area contributed by atoms with E-state index in [4.69, 9.17) is 5.73 Å². The van der Waals surface area contributed by atoms with E-state index < -0.39 is 6.04 Å². The number of nitrogens with two attached hydrogens (primary N) is 1. The highest BCUT2D eigenvalue weighted by Gasteiger charge is 2.18. The Kier molecular flexibility index (Phi) is 4.97. The zero-order valence-corrected chi connectivity index (χ0v) is 13.0. The molecule has 0 fully saturated rings. The predicted octanol–water partition coefficient (Wildman–Crippen LogP) is 3.39. The van der Waals surface area contributed by atoms with Gasteiger partial charge < -0.3 is 11.1 Å². The first-order valence-corrected chi connectivity index (χ1v) is 7.52. The topological polar surface area (TPSA) is 55.1 Å². The van der Waals surface area contributed by atoms with Crippen molar-refractivity contribution in [2.45, 2.75) is 39.3 Å². The van der Waals surface area contributed by atoms with E-state index in [0.717, 1.165) is 5.56 Å². The summed E-state index contributed by atoms with van der Waals surface area (Å²) < 4.78 is 0. The van der Waals surface area contributed by atoms with E-state index in [1.807, 2.05) is 25.1 Å². The number of fused-ring (bicyclic) bond motifs is 1. The van der Waals surface area contributed by atoms with Crippen molar-refractivity contribution in [3.05, 3.63) is 48.0 Å². The van der Waals surface area contributed by atoms with E-state index in [1.165, 1.54) is 10.8 Å². The van der Waals surface area contributed by atoms with Gasteiger partial charge in [-0.25, -0.2) is 0 Å². The van der Waals surface area contributed by atoms with Crippen molar-refractivity contribution >= 4 is 16.7 Å². The Morgan fingerprint density at radius 3 is 2.48 bits per heavy atom. The minimum absolute atomic E-state index is 0.0539. The lowest BCUT2D eigenvalue weighted by Gasteiger charge is -2.20. The van der Waals surface area contributed by atoms with Crippen molar-refractivity contribution in [1.29, 1.82) is 0 Å². The maximum absolute atomic E-state index is 12.2. The molecule has 2 aromatic rings. The lowest BCUT2D eigenvalue weighted by molar-refractivity contribution is -0.123. The number of carbonyl (C=O) groups is 1. The van der Waals surface area contributed by atoms with Crippen LogP contribution in [0.5, 0.6) is 0 Å². The van der Waals surface area contributed by atoms with Gasteiger partial charge in [0.1, 0.15) is 0 Å². The van der Waals surface area contributed by atoms with Crippen LogP contribution in [0.2, 0.25) is 0 Å². The van der Waals surface area contributed by atoms with Crippen LogP contribution in [-0.4, -0.2) is 11.9 Å². The summed E-state index contributed by atoms with van der Waals surface area (Å²) in [5, 5.41) is 5.38. The van der Waals surface area contributed by atoms with Gasteiger partial charge in [0.15, 0.2) is 0 Å². The maximum atomic E-state index is 12.2. The van der Waals surface area contributed by atoms with E-state index in [0.29, 0.717) is 12.3 Å². The molecule has 0 aliphatic carbocycles. The van der Waals surface area contributed by atoms with Crippen molar-refractivity contribution in [1.82, 2.24) is 5.32 Å². The number of carbonyl (C=O) groups excluding carboxylic acids is 1. The number of hydrogen-bond acceptors (Lipinski definition) is 2. The van der Waals surface area contributed by atoms with Crippen LogP contribution >= 0.6 is 0 Å². The van der Waals surface area contributed by atoms with Gasteiger partial charge in [0.05, 0.1) is 12.1 Å². The lowest BCUT2D eigenvalue weighted by Crippen LogP contribution is -2.42. The van der Waals surface area contributed by atoms with Gasteiger partial charge in [0.25, 0.3) is 0 Å². The van der Waals surface area contributed by atoms with Gasteiger partial charge >= 0.3 is 0 Å². The van der Waals surface area contributed by atoms with Crippen LogP contribution in [-0.2, 0) is 4.79 Å². The molecule has 2 aromatic carbocycles. The zero-order chi connectivity index (χ0) is 15.4. The number of rotatable bonds is 5. The van der Waals surface area contributed by atoms with Crippen LogP contribution in [0.4, 0.5) is 0 Å². The van der Waals surface area contributed by atoms with Crippen LogP contribution in [0.25, 0.3) is 10.8 Å². The Labute approximate surface area is 126 Å². The second kappa shape index (κ2) is 6.72. The molecule has 0 saturated carbocycles. The highest BCUT2D eigenvalue weighted by molar-refractivity contribution is 5.87. The van der Waals surface area contributed by atoms with Crippen LogP contribution in [0.15, 0.2) is 42.5 Å². The van der Waals surface area contributed by atoms with E-state index in [2.05, 4.69) is 43.4 Å². The average Bonchev–Trinajstić information content (AvgIpc) is 2.45. The van der Waals surface area contributed by atoms with Gasteiger partial charge in [0, 0.05) is 0 Å². The number of nitrogens with one attached hydrogen (secondary N) is 1. The number of hydrogen-bond donors (Lipinski definition) is 2. The molecular formula is C18H24N2O. The van der Waals surface area contributed by atoms with Gasteiger partial charge in [0.2, 0.25) is 5.91 Å². The Balaban J connectivity index is 2.15. The number of amides is 1. The summed E-state index contributed by atoms with van der Waals surface area (Å²) in [5.41, 5.74) is 7.07. The average molecular weight is 284 g/mol. The summed E-state index contributed by atoms with van der Waals surface area (Å²) in [4.78, 5) is 12.2. The molecule has 3 heteroatoms. The highest BCUT2D eigenvalue weighted by atomic mass is 16.2. The summed E-state index contributed by atoms with van der Waals surface area (Å²) in [5.74, 6) is 0.336. The molecule has 0 aliphatic heterocycles. The fourth-order valence-electron chi connectivity index (χ4n) is 2.64. The van der Waals surface area contributed by atoms with Crippen molar-refractivity contribution < 1.29 is 4.79 Å². The SMILES string of the molecule is CC(C)CC(N)C(=O)NC(C)c1cccc2ccccc12. The summed E-state index contributed by atoms with van der Waals surface area (Å²) in [7, 11) is 0. The van der Waals surface area contributed by atoms with E-state index in [9.17, 15) is 4.79 Å². The normalized spacial score (nSPS) is 14.1. The Bertz CT molecular complexity index is 616. The molecule has 0 radical (unpaired) electrons. The standard InChI is InChI=1S/C18H24N2O/c1-12(2)11-17(19)18(21)20-13(3)15-10-6-8-14-7-4-5-9-16(14)15/h4-10,12-13,17H,11,19H2,1-3H3,(H,20,21). The van der Waals surface area contributed by atoms with Crippen molar-refractivity contribution in [2.24, 2.45) is 11.7 Å². The molecule has 112 valence electrons. The predicted molar refractivity (Wildman–Crippen MR) is 87.9 cm³/mol. The smallest absolute Gasteiger partial charge is 0.237 e. The second-order valence-electron chi connectivity index (χ2n) is 6.03. The third-order valence-corrected chi connectivity index (χ3v) is 3.71. The molecule has 0 bridgehead atoms. The van der Waals surface area contributed by atoms with Crippen LogP contribution in [0.3, 0.4) is 0 Å². The molecule has 3 N–H and O–H groups in total. The molecule has 3 nitrogen and oxygen atoms in total. The molecule has 0 heterocycles. The first kappa shape index (κ1) is 15.5.